The Kier molecular flexibility index (Phi) is 3.98. The minimum atomic E-state index is -0.576. The average Bonchev–Trinajstić information content (AvgIpc) is 2.72. The van der Waals surface area contributed by atoms with Gasteiger partial charge in [0.1, 0.15) is 18.7 Å². The molecule has 2 aromatic rings. The van der Waals surface area contributed by atoms with Gasteiger partial charge in [0.15, 0.2) is 5.82 Å². The highest BCUT2D eigenvalue weighted by molar-refractivity contribution is 9.10. The first-order valence-corrected chi connectivity index (χ1v) is 6.30. The molecule has 18 heavy (non-hydrogen) atoms. The zero-order chi connectivity index (χ0) is 13.1. The second kappa shape index (κ2) is 5.49. The molecule has 0 saturated carbocycles. The van der Waals surface area contributed by atoms with E-state index in [0.29, 0.717) is 12.4 Å². The lowest BCUT2D eigenvalue weighted by molar-refractivity contribution is 0.189. The van der Waals surface area contributed by atoms with E-state index in [1.165, 1.54) is 6.33 Å². The van der Waals surface area contributed by atoms with Crippen molar-refractivity contribution in [3.05, 3.63) is 40.4 Å². The highest BCUT2D eigenvalue weighted by Gasteiger charge is 2.11. The first kappa shape index (κ1) is 13.0. The Hall–Kier alpha value is -1.40. The molecule has 0 aliphatic carbocycles. The van der Waals surface area contributed by atoms with E-state index >= 15 is 0 Å². The molecule has 1 aromatic carbocycles. The van der Waals surface area contributed by atoms with Crippen LogP contribution in [0.2, 0.25) is 0 Å². The lowest BCUT2D eigenvalue weighted by Crippen LogP contribution is -2.06. The Morgan fingerprint density at radius 3 is 2.89 bits per heavy atom. The number of aromatic nitrogens is 3. The second-order valence-corrected chi connectivity index (χ2v) is 4.86. The smallest absolute Gasteiger partial charge is 0.164 e. The maximum Gasteiger partial charge on any atom is 0.164 e. The number of hydrogen-bond donors (Lipinski definition) is 1. The van der Waals surface area contributed by atoms with Crippen LogP contribution in [-0.2, 0) is 13.7 Å². The quantitative estimate of drug-likeness (QED) is 0.940. The molecule has 0 amide bonds. The zero-order valence-corrected chi connectivity index (χ0v) is 11.8. The standard InChI is InChI=1S/C12H14BrN3O2/c1-8(17)10-4-3-9(13)5-11(10)18-6-12-14-7-15-16(12)2/h3-5,7-8,17H,6H2,1-2H3. The number of aliphatic hydroxyl groups is 1. The van der Waals surface area contributed by atoms with Crippen molar-refractivity contribution in [3.8, 4) is 5.75 Å². The summed E-state index contributed by atoms with van der Waals surface area (Å²) in [6.45, 7) is 2.02. The van der Waals surface area contributed by atoms with Crippen LogP contribution in [0.5, 0.6) is 5.75 Å². The minimum absolute atomic E-state index is 0.312. The number of benzene rings is 1. The summed E-state index contributed by atoms with van der Waals surface area (Å²) >= 11 is 3.38. The Labute approximate surface area is 114 Å². The molecule has 0 aliphatic rings. The summed E-state index contributed by atoms with van der Waals surface area (Å²) in [5.41, 5.74) is 0.750. The minimum Gasteiger partial charge on any atom is -0.485 e. The van der Waals surface area contributed by atoms with Crippen molar-refractivity contribution in [1.82, 2.24) is 14.8 Å². The van der Waals surface area contributed by atoms with E-state index in [1.54, 1.807) is 11.6 Å². The topological polar surface area (TPSA) is 60.2 Å². The number of rotatable bonds is 4. The third-order valence-electron chi connectivity index (χ3n) is 2.59. The van der Waals surface area contributed by atoms with E-state index in [1.807, 2.05) is 25.2 Å². The Balaban J connectivity index is 2.18. The summed E-state index contributed by atoms with van der Waals surface area (Å²) < 4.78 is 8.25. The lowest BCUT2D eigenvalue weighted by atomic mass is 10.1. The lowest BCUT2D eigenvalue weighted by Gasteiger charge is -2.13. The normalized spacial score (nSPS) is 12.4. The highest BCUT2D eigenvalue weighted by atomic mass is 79.9. The molecule has 6 heteroatoms. The summed E-state index contributed by atoms with van der Waals surface area (Å²) in [6, 6.07) is 5.54. The zero-order valence-electron chi connectivity index (χ0n) is 10.2. The molecule has 5 nitrogen and oxygen atoms in total. The number of halogens is 1. The first-order chi connectivity index (χ1) is 8.58. The van der Waals surface area contributed by atoms with Crippen molar-refractivity contribution in [2.45, 2.75) is 19.6 Å². The van der Waals surface area contributed by atoms with Crippen molar-refractivity contribution in [2.75, 3.05) is 0 Å². The average molecular weight is 312 g/mol. The largest absolute Gasteiger partial charge is 0.485 e. The van der Waals surface area contributed by atoms with Crippen LogP contribution in [0.15, 0.2) is 29.0 Å². The van der Waals surface area contributed by atoms with Crippen molar-refractivity contribution >= 4 is 15.9 Å². The molecule has 0 saturated heterocycles. The molecule has 0 spiro atoms. The van der Waals surface area contributed by atoms with Gasteiger partial charge in [0.05, 0.1) is 6.10 Å². The molecule has 1 unspecified atom stereocenters. The molecule has 0 bridgehead atoms. The summed E-state index contributed by atoms with van der Waals surface area (Å²) in [7, 11) is 1.81. The van der Waals surface area contributed by atoms with Gasteiger partial charge in [-0.15, -0.1) is 0 Å². The van der Waals surface area contributed by atoms with Crippen LogP contribution in [0, 0.1) is 0 Å². The van der Waals surface area contributed by atoms with Crippen LogP contribution in [0.1, 0.15) is 24.4 Å². The van der Waals surface area contributed by atoms with E-state index < -0.39 is 6.10 Å². The third kappa shape index (κ3) is 2.88. The molecule has 0 fully saturated rings. The van der Waals surface area contributed by atoms with Crippen molar-refractivity contribution in [3.63, 3.8) is 0 Å². The van der Waals surface area contributed by atoms with Crippen LogP contribution >= 0.6 is 15.9 Å². The van der Waals surface area contributed by atoms with Crippen molar-refractivity contribution in [2.24, 2.45) is 7.05 Å². The van der Waals surface area contributed by atoms with Gasteiger partial charge < -0.3 is 9.84 Å². The Morgan fingerprint density at radius 1 is 1.50 bits per heavy atom. The molecule has 1 atom stereocenters. The van der Waals surface area contributed by atoms with Gasteiger partial charge in [-0.2, -0.15) is 5.10 Å². The fourth-order valence-corrected chi connectivity index (χ4v) is 1.91. The fraction of sp³-hybridized carbons (Fsp3) is 0.333. The first-order valence-electron chi connectivity index (χ1n) is 5.51. The van der Waals surface area contributed by atoms with Crippen molar-refractivity contribution in [1.29, 1.82) is 0 Å². The van der Waals surface area contributed by atoms with Gasteiger partial charge in [-0.25, -0.2) is 4.98 Å². The van der Waals surface area contributed by atoms with Crippen LogP contribution in [0.25, 0.3) is 0 Å². The number of aryl methyl sites for hydroxylation is 1. The van der Waals surface area contributed by atoms with E-state index in [0.717, 1.165) is 15.9 Å². The van der Waals surface area contributed by atoms with E-state index in [-0.39, 0.29) is 0 Å². The van der Waals surface area contributed by atoms with Crippen molar-refractivity contribution < 1.29 is 9.84 Å². The van der Waals surface area contributed by atoms with Gasteiger partial charge in [-0.05, 0) is 19.1 Å². The van der Waals surface area contributed by atoms with E-state index in [2.05, 4.69) is 26.0 Å². The number of hydrogen-bond acceptors (Lipinski definition) is 4. The van der Waals surface area contributed by atoms with E-state index in [4.69, 9.17) is 4.74 Å². The molecular weight excluding hydrogens is 298 g/mol. The molecule has 2 rings (SSSR count). The summed E-state index contributed by atoms with van der Waals surface area (Å²) in [5, 5.41) is 13.6. The van der Waals surface area contributed by atoms with Gasteiger partial charge in [0.25, 0.3) is 0 Å². The highest BCUT2D eigenvalue weighted by Crippen LogP contribution is 2.29. The molecule has 96 valence electrons. The molecule has 0 radical (unpaired) electrons. The van der Waals surface area contributed by atoms with Crippen LogP contribution < -0.4 is 4.74 Å². The van der Waals surface area contributed by atoms with Gasteiger partial charge in [0, 0.05) is 17.1 Å². The molecule has 1 heterocycles. The maximum absolute atomic E-state index is 9.68. The number of ether oxygens (including phenoxy) is 1. The van der Waals surface area contributed by atoms with Crippen LogP contribution in [-0.4, -0.2) is 19.9 Å². The summed E-state index contributed by atoms with van der Waals surface area (Å²) in [5.74, 6) is 1.37. The van der Waals surface area contributed by atoms with Gasteiger partial charge in [-0.1, -0.05) is 22.0 Å². The fourth-order valence-electron chi connectivity index (χ4n) is 1.57. The number of aliphatic hydroxyl groups excluding tert-OH is 1. The Bertz CT molecular complexity index is 540. The van der Waals surface area contributed by atoms with Crippen LogP contribution in [0.3, 0.4) is 0 Å². The molecular formula is C12H14BrN3O2. The number of nitrogens with zero attached hydrogens (tertiary/aromatic N) is 3. The Morgan fingerprint density at radius 2 is 2.28 bits per heavy atom. The predicted octanol–water partition coefficient (Wildman–Crippen LogP) is 2.21. The monoisotopic (exact) mass is 311 g/mol. The van der Waals surface area contributed by atoms with Gasteiger partial charge >= 0.3 is 0 Å². The third-order valence-corrected chi connectivity index (χ3v) is 3.08. The van der Waals surface area contributed by atoms with Gasteiger partial charge in [0.2, 0.25) is 0 Å². The van der Waals surface area contributed by atoms with Crippen LogP contribution in [0.4, 0.5) is 0 Å². The molecule has 1 N–H and O–H groups in total. The predicted molar refractivity (Wildman–Crippen MR) is 70.1 cm³/mol. The summed E-state index contributed by atoms with van der Waals surface area (Å²) in [4.78, 5) is 4.08. The van der Waals surface area contributed by atoms with E-state index in [9.17, 15) is 5.11 Å². The summed E-state index contributed by atoms with van der Waals surface area (Å²) in [6.07, 6.45) is 0.905. The molecule has 0 aliphatic heterocycles. The maximum atomic E-state index is 9.68. The second-order valence-electron chi connectivity index (χ2n) is 3.95. The molecule has 1 aromatic heterocycles. The SMILES string of the molecule is CC(O)c1ccc(Br)cc1OCc1ncnn1C. The van der Waals surface area contributed by atoms with Gasteiger partial charge in [-0.3, -0.25) is 4.68 Å².